The van der Waals surface area contributed by atoms with Crippen LogP contribution in [-0.2, 0) is 17.1 Å². The third-order valence-electron chi connectivity index (χ3n) is 1.58. The van der Waals surface area contributed by atoms with E-state index in [0.29, 0.717) is 6.42 Å². The van der Waals surface area contributed by atoms with E-state index < -0.39 is 10.7 Å². The molecule has 0 bridgehead atoms. The summed E-state index contributed by atoms with van der Waals surface area (Å²) in [5.41, 5.74) is 1.15. The molecule has 3 heteroatoms. The standard InChI is InChI=1S/C9H11O2S/c10-12(11)8-4-7-9-5-2-1-3-6-9/h1-2,5-6,12H,4,7-8H2. The highest BCUT2D eigenvalue weighted by Gasteiger charge is 1.92. The van der Waals surface area contributed by atoms with Gasteiger partial charge in [0, 0.05) is 5.75 Å². The van der Waals surface area contributed by atoms with E-state index in [1.54, 1.807) is 0 Å². The number of rotatable bonds is 4. The average molecular weight is 183 g/mol. The van der Waals surface area contributed by atoms with Crippen molar-refractivity contribution in [1.29, 1.82) is 0 Å². The molecule has 1 aromatic carbocycles. The second-order valence-electron chi connectivity index (χ2n) is 2.57. The third kappa shape index (κ3) is 3.53. The molecule has 0 unspecified atom stereocenters. The Labute approximate surface area is 74.2 Å². The van der Waals surface area contributed by atoms with E-state index >= 15 is 0 Å². The van der Waals surface area contributed by atoms with Gasteiger partial charge < -0.3 is 0 Å². The first-order valence-corrected chi connectivity index (χ1v) is 5.22. The number of aryl methyl sites for hydroxylation is 1. The lowest BCUT2D eigenvalue weighted by Crippen LogP contribution is -1.91. The molecule has 0 saturated carbocycles. The Morgan fingerprint density at radius 3 is 2.83 bits per heavy atom. The number of hydrogen-bond donors (Lipinski definition) is 1. The average Bonchev–Trinajstić information content (AvgIpc) is 2.05. The molecule has 1 radical (unpaired) electrons. The minimum Gasteiger partial charge on any atom is -0.232 e. The summed E-state index contributed by atoms with van der Waals surface area (Å²) in [6.07, 6.45) is 1.53. The smallest absolute Gasteiger partial charge is 0.140 e. The summed E-state index contributed by atoms with van der Waals surface area (Å²) in [4.78, 5) is 0. The number of benzene rings is 1. The van der Waals surface area contributed by atoms with E-state index in [4.69, 9.17) is 0 Å². The molecule has 0 aromatic heterocycles. The summed E-state index contributed by atoms with van der Waals surface area (Å²) in [7, 11) is -2.21. The van der Waals surface area contributed by atoms with E-state index in [-0.39, 0.29) is 5.75 Å². The van der Waals surface area contributed by atoms with Crippen molar-refractivity contribution in [2.75, 3.05) is 5.75 Å². The van der Waals surface area contributed by atoms with E-state index in [9.17, 15) is 8.42 Å². The van der Waals surface area contributed by atoms with Crippen molar-refractivity contribution in [2.24, 2.45) is 0 Å². The van der Waals surface area contributed by atoms with Gasteiger partial charge in [0.1, 0.15) is 10.7 Å². The van der Waals surface area contributed by atoms with Crippen LogP contribution < -0.4 is 0 Å². The first-order chi connectivity index (χ1) is 5.79. The van der Waals surface area contributed by atoms with Crippen molar-refractivity contribution in [1.82, 2.24) is 0 Å². The summed E-state index contributed by atoms with van der Waals surface area (Å²) in [5, 5.41) is 0. The fourth-order valence-corrected chi connectivity index (χ4v) is 1.41. The molecular formula is C9H11O2S. The van der Waals surface area contributed by atoms with Crippen LogP contribution in [0.5, 0.6) is 0 Å². The van der Waals surface area contributed by atoms with Crippen LogP contribution in [0.15, 0.2) is 24.3 Å². The second-order valence-corrected chi connectivity index (χ2v) is 3.68. The Morgan fingerprint density at radius 2 is 2.25 bits per heavy atom. The fraction of sp³-hybridized carbons (Fsp3) is 0.333. The van der Waals surface area contributed by atoms with Gasteiger partial charge in [-0.25, -0.2) is 8.42 Å². The number of hydrogen-bond acceptors (Lipinski definition) is 2. The van der Waals surface area contributed by atoms with Crippen LogP contribution in [0, 0.1) is 6.07 Å². The minimum atomic E-state index is -2.21. The zero-order valence-electron chi connectivity index (χ0n) is 6.69. The molecule has 12 heavy (non-hydrogen) atoms. The molecule has 0 spiro atoms. The lowest BCUT2D eigenvalue weighted by Gasteiger charge is -1.96. The lowest BCUT2D eigenvalue weighted by atomic mass is 10.1. The van der Waals surface area contributed by atoms with Gasteiger partial charge >= 0.3 is 0 Å². The highest BCUT2D eigenvalue weighted by atomic mass is 32.2. The lowest BCUT2D eigenvalue weighted by molar-refractivity contribution is 0.612. The van der Waals surface area contributed by atoms with Crippen LogP contribution >= 0.6 is 0 Å². The van der Waals surface area contributed by atoms with Crippen LogP contribution in [0.3, 0.4) is 0 Å². The van der Waals surface area contributed by atoms with E-state index in [1.165, 1.54) is 0 Å². The van der Waals surface area contributed by atoms with Crippen LogP contribution in [0.1, 0.15) is 12.0 Å². The van der Waals surface area contributed by atoms with Gasteiger partial charge in [-0.3, -0.25) is 0 Å². The SMILES string of the molecule is O=[SH](=O)CCCc1c[c]ccc1. The van der Waals surface area contributed by atoms with Gasteiger partial charge in [0.25, 0.3) is 0 Å². The van der Waals surface area contributed by atoms with Gasteiger partial charge in [0.2, 0.25) is 0 Å². The topological polar surface area (TPSA) is 34.1 Å². The maximum atomic E-state index is 10.2. The molecule has 0 heterocycles. The summed E-state index contributed by atoms with van der Waals surface area (Å²) in [6, 6.07) is 10.6. The largest absolute Gasteiger partial charge is 0.232 e. The first kappa shape index (κ1) is 9.26. The maximum Gasteiger partial charge on any atom is 0.140 e. The van der Waals surface area contributed by atoms with E-state index in [1.807, 2.05) is 24.3 Å². The Hall–Kier alpha value is -0.830. The second kappa shape index (κ2) is 4.93. The van der Waals surface area contributed by atoms with Gasteiger partial charge in [-0.1, -0.05) is 24.3 Å². The molecule has 0 amide bonds. The summed E-state index contributed by atoms with van der Waals surface area (Å²) >= 11 is 0. The molecule has 1 rings (SSSR count). The molecule has 65 valence electrons. The van der Waals surface area contributed by atoms with Gasteiger partial charge in [0.05, 0.1) is 0 Å². The molecule has 0 atom stereocenters. The predicted octanol–water partition coefficient (Wildman–Crippen LogP) is 1.03. The molecule has 1 aromatic rings. The summed E-state index contributed by atoms with van der Waals surface area (Å²) in [6.45, 7) is 0. The normalized spacial score (nSPS) is 10.4. The zero-order valence-corrected chi connectivity index (χ0v) is 7.59. The highest BCUT2D eigenvalue weighted by Crippen LogP contribution is 2.01. The fourth-order valence-electron chi connectivity index (χ4n) is 0.998. The van der Waals surface area contributed by atoms with Crippen molar-refractivity contribution in [3.63, 3.8) is 0 Å². The molecule has 0 aliphatic carbocycles. The summed E-state index contributed by atoms with van der Waals surface area (Å²) in [5.74, 6) is 0.282. The maximum absolute atomic E-state index is 10.2. The molecule has 2 nitrogen and oxygen atoms in total. The van der Waals surface area contributed by atoms with Crippen LogP contribution in [0.4, 0.5) is 0 Å². The monoisotopic (exact) mass is 183 g/mol. The van der Waals surface area contributed by atoms with Crippen LogP contribution in [0.2, 0.25) is 0 Å². The van der Waals surface area contributed by atoms with Gasteiger partial charge in [-0.2, -0.15) is 0 Å². The molecule has 0 aliphatic heterocycles. The van der Waals surface area contributed by atoms with Crippen LogP contribution in [0.25, 0.3) is 0 Å². The molecule has 0 aliphatic rings. The highest BCUT2D eigenvalue weighted by molar-refractivity contribution is 7.72. The van der Waals surface area contributed by atoms with Crippen molar-refractivity contribution in [3.8, 4) is 0 Å². The van der Waals surface area contributed by atoms with Crippen molar-refractivity contribution in [3.05, 3.63) is 35.9 Å². The van der Waals surface area contributed by atoms with Crippen LogP contribution in [-0.4, -0.2) is 14.2 Å². The molecule has 0 N–H and O–H groups in total. The van der Waals surface area contributed by atoms with Gasteiger partial charge in [-0.05, 0) is 24.5 Å². The predicted molar refractivity (Wildman–Crippen MR) is 48.8 cm³/mol. The number of thiol groups is 1. The Morgan fingerprint density at radius 1 is 1.42 bits per heavy atom. The summed E-state index contributed by atoms with van der Waals surface area (Å²) < 4.78 is 20.4. The molecular weight excluding hydrogens is 172 g/mol. The van der Waals surface area contributed by atoms with Crippen molar-refractivity contribution >= 4 is 10.7 Å². The van der Waals surface area contributed by atoms with Gasteiger partial charge in [0.15, 0.2) is 0 Å². The Balaban J connectivity index is 2.34. The van der Waals surface area contributed by atoms with Crippen molar-refractivity contribution in [2.45, 2.75) is 12.8 Å². The first-order valence-electron chi connectivity index (χ1n) is 3.86. The van der Waals surface area contributed by atoms with Crippen molar-refractivity contribution < 1.29 is 8.42 Å². The molecule has 0 saturated heterocycles. The van der Waals surface area contributed by atoms with Gasteiger partial charge in [-0.15, -0.1) is 0 Å². The quantitative estimate of drug-likeness (QED) is 0.707. The Bertz CT molecular complexity index is 283. The minimum absolute atomic E-state index is 0.282. The Kier molecular flexibility index (Phi) is 3.80. The third-order valence-corrected chi connectivity index (χ3v) is 2.26. The molecule has 0 fully saturated rings. The van der Waals surface area contributed by atoms with E-state index in [2.05, 4.69) is 6.07 Å². The zero-order chi connectivity index (χ0) is 8.81. The van der Waals surface area contributed by atoms with E-state index in [0.717, 1.165) is 12.0 Å².